The van der Waals surface area contributed by atoms with Gasteiger partial charge in [0.15, 0.2) is 43.2 Å². The van der Waals surface area contributed by atoms with Crippen molar-refractivity contribution in [2.75, 3.05) is 7.11 Å². The van der Waals surface area contributed by atoms with E-state index in [9.17, 15) is 50.0 Å². The number of carbonyl (C=O) groups is 5. The number of hydroxylamine groups is 2. The van der Waals surface area contributed by atoms with Crippen LogP contribution < -0.4 is 5.32 Å². The number of Topliss-reactive ketones (excluding diaryl/α,β-unsaturated/α-hetero) is 1. The molecule has 0 radical (unpaired) electrons. The van der Waals surface area contributed by atoms with E-state index >= 15 is 4.79 Å². The van der Waals surface area contributed by atoms with E-state index in [4.69, 9.17) is 61.6 Å². The summed E-state index contributed by atoms with van der Waals surface area (Å²) in [5.41, 5.74) is -4.75. The number of ketones is 1. The second-order valence-electron chi connectivity index (χ2n) is 28.2. The van der Waals surface area contributed by atoms with Crippen molar-refractivity contribution in [3.8, 4) is 0 Å². The highest BCUT2D eigenvalue weighted by atomic mass is 16.8. The summed E-state index contributed by atoms with van der Waals surface area (Å²) in [5, 5.41) is 72.5. The van der Waals surface area contributed by atoms with Gasteiger partial charge in [-0.15, -0.1) is 0 Å². The van der Waals surface area contributed by atoms with Crippen LogP contribution >= 0.6 is 0 Å². The summed E-state index contributed by atoms with van der Waals surface area (Å²) in [6, 6.07) is -1.06. The van der Waals surface area contributed by atoms with Crippen molar-refractivity contribution in [1.82, 2.24) is 10.5 Å². The van der Waals surface area contributed by atoms with E-state index in [1.54, 1.807) is 33.8 Å². The minimum absolute atomic E-state index is 0.00396. The Morgan fingerprint density at radius 2 is 1.35 bits per heavy atom. The van der Waals surface area contributed by atoms with Gasteiger partial charge in [0.05, 0.1) is 91.8 Å². The fourth-order valence-corrected chi connectivity index (χ4v) is 16.9. The molecule has 2 bridgehead atoms. The minimum atomic E-state index is -2.19. The van der Waals surface area contributed by atoms with E-state index in [2.05, 4.69) is 25.2 Å². The number of ether oxygens (including phenoxy) is 13. The predicted octanol–water partition coefficient (Wildman–Crippen LogP) is 6.27. The van der Waals surface area contributed by atoms with Crippen LogP contribution in [0.1, 0.15) is 147 Å². The molecule has 29 unspecified atom stereocenters. The van der Waals surface area contributed by atoms with Gasteiger partial charge in [-0.1, -0.05) is 50.6 Å². The zero-order chi connectivity index (χ0) is 67.5. The number of carbonyl (C=O) groups excluding carboxylic acids is 5. The van der Waals surface area contributed by atoms with E-state index in [1.807, 2.05) is 39.8 Å². The van der Waals surface area contributed by atoms with Gasteiger partial charge in [-0.25, -0.2) is 9.59 Å². The fourth-order valence-electron chi connectivity index (χ4n) is 16.9. The number of hydrogen-bond acceptors (Lipinski definition) is 25. The van der Waals surface area contributed by atoms with E-state index in [0.29, 0.717) is 44.0 Å². The van der Waals surface area contributed by atoms with Crippen LogP contribution in [-0.2, 0) is 80.8 Å². The first-order valence-electron chi connectivity index (χ1n) is 33.1. The molecule has 4 aliphatic carbocycles. The van der Waals surface area contributed by atoms with E-state index in [0.717, 1.165) is 12.7 Å². The van der Waals surface area contributed by atoms with Gasteiger partial charge in [-0.3, -0.25) is 19.6 Å². The Morgan fingerprint density at radius 3 is 2.01 bits per heavy atom. The second-order valence-corrected chi connectivity index (χ2v) is 28.2. The average Bonchev–Trinajstić information content (AvgIpc) is 1.68. The Kier molecular flexibility index (Phi) is 21.8. The van der Waals surface area contributed by atoms with Crippen molar-refractivity contribution in [1.29, 1.82) is 0 Å². The third-order valence-corrected chi connectivity index (χ3v) is 21.7. The molecule has 93 heavy (non-hydrogen) atoms. The monoisotopic (exact) mass is 1310 g/mol. The molecule has 10 rings (SSSR count). The first-order valence-corrected chi connectivity index (χ1v) is 33.1. The Hall–Kier alpha value is -4.59. The summed E-state index contributed by atoms with van der Waals surface area (Å²) >= 11 is 0. The number of hydrogen-bond donors (Lipinski definition) is 6. The molecular weight excluding hydrogens is 1220 g/mol. The van der Waals surface area contributed by atoms with Crippen LogP contribution in [0.5, 0.6) is 0 Å². The number of aldehydes is 1. The van der Waals surface area contributed by atoms with Crippen LogP contribution in [-0.4, -0.2) is 202 Å². The van der Waals surface area contributed by atoms with Crippen LogP contribution in [0.4, 0.5) is 4.79 Å². The summed E-state index contributed by atoms with van der Waals surface area (Å²) in [4.78, 5) is 68.1. The maximum absolute atomic E-state index is 15.6. The van der Waals surface area contributed by atoms with Crippen molar-refractivity contribution in [3.05, 3.63) is 63.6 Å². The number of rotatable bonds is 14. The lowest BCUT2D eigenvalue weighted by molar-refractivity contribution is -0.331. The molecule has 7 fully saturated rings. The van der Waals surface area contributed by atoms with Crippen molar-refractivity contribution >= 4 is 30.1 Å². The third-order valence-electron chi connectivity index (χ3n) is 21.7. The Bertz CT molecular complexity index is 2900. The molecule has 10 aliphatic rings. The van der Waals surface area contributed by atoms with Crippen LogP contribution in [0.2, 0.25) is 0 Å². The van der Waals surface area contributed by atoms with Gasteiger partial charge in [0.2, 0.25) is 5.78 Å². The number of nitrogens with zero attached hydrogens (tertiary/aromatic N) is 1. The summed E-state index contributed by atoms with van der Waals surface area (Å²) in [7, 11) is 1.16. The highest BCUT2D eigenvalue weighted by Crippen LogP contribution is 2.61. The van der Waals surface area contributed by atoms with Gasteiger partial charge in [0.1, 0.15) is 29.8 Å². The number of fused-ring (bicyclic) bond motifs is 4. The molecule has 0 aromatic heterocycles. The Labute approximate surface area is 543 Å². The van der Waals surface area contributed by atoms with E-state index in [-0.39, 0.29) is 48.3 Å². The van der Waals surface area contributed by atoms with Crippen molar-refractivity contribution in [2.45, 2.75) is 281 Å². The SMILES string of the molecule is COC(=O)NC1C(C)OC(OC2CC=C(C)C3C=CC4C(OC5CC(OC6CCC(OC7CC(O)C(OC8CCC(O)C(C)O8)C(C)O7)C(C)O6)C(OC(C)=O)C(C)O5)C(C)CC(C)C4C3(C)C(O)=C3C(=O)OC4(CC(C=O)=CC(O)C4C=C2C)C3=O)CC1(C)N([O-])O. The quantitative estimate of drug-likeness (QED) is 0.0278. The molecule has 1 amide bonds. The molecule has 26 nitrogen and oxygen atoms in total. The number of amides is 1. The Balaban J connectivity index is 0.903. The highest BCUT2D eigenvalue weighted by Gasteiger charge is 2.65. The van der Waals surface area contributed by atoms with Crippen molar-refractivity contribution < 1.29 is 111 Å². The number of nitrogens with one attached hydrogen (secondary N) is 1. The largest absolute Gasteiger partial charge is 0.762 e. The third kappa shape index (κ3) is 14.1. The number of alkyl carbamates (subject to hydrolysis) is 1. The zero-order valence-corrected chi connectivity index (χ0v) is 55.5. The van der Waals surface area contributed by atoms with Crippen LogP contribution in [0.25, 0.3) is 0 Å². The number of aliphatic hydroxyl groups is 4. The molecule has 520 valence electrons. The lowest BCUT2D eigenvalue weighted by atomic mass is 9.49. The molecule has 0 aromatic carbocycles. The average molecular weight is 1310 g/mol. The van der Waals surface area contributed by atoms with Crippen LogP contribution in [0, 0.1) is 46.1 Å². The zero-order valence-electron chi connectivity index (χ0n) is 55.5. The molecule has 6 N–H and O–H groups in total. The van der Waals surface area contributed by atoms with Crippen LogP contribution in [0.15, 0.2) is 58.4 Å². The van der Waals surface area contributed by atoms with Crippen LogP contribution in [0.3, 0.4) is 0 Å². The maximum Gasteiger partial charge on any atom is 0.407 e. The Morgan fingerprint density at radius 1 is 0.720 bits per heavy atom. The maximum atomic E-state index is 15.6. The predicted molar refractivity (Wildman–Crippen MR) is 325 cm³/mol. The van der Waals surface area contributed by atoms with Gasteiger partial charge in [-0.05, 0) is 116 Å². The molecule has 6 aliphatic heterocycles. The summed E-state index contributed by atoms with van der Waals surface area (Å²) in [6.07, 6.45) is -3.89. The topological polar surface area (TPSA) is 345 Å². The van der Waals surface area contributed by atoms with Crippen molar-refractivity contribution in [3.63, 3.8) is 0 Å². The lowest BCUT2D eigenvalue weighted by Gasteiger charge is -2.56. The molecule has 26 heteroatoms. The number of methoxy groups -OCH3 is 1. The lowest BCUT2D eigenvalue weighted by Crippen LogP contribution is -2.67. The molecule has 0 aromatic rings. The molecule has 1 saturated carbocycles. The number of esters is 2. The standard InChI is InChI=1S/C67H97N2O24/c1-30-14-18-47(88-54-28-65(11,69(79)80)60(38(9)86-54)68-64(78)81-13)31(2)23-43-45(73)24-40(29-70)27-67(43)62(76)55(63(77)93-67)61(75)66(12)42(30)16-15-41-56(66)32(3)22-33(4)57(41)92-53-26-49(59(37(8)85-53)87-39(10)71)90-50-21-19-48(35(6)83-50)89-52-25-46(74)58(36(7)84-52)91-51-20-17-44(72)34(5)82-51/h14-16,23-24,29,32-38,41-54,56-60,72-75,79H,17-22,25-28H2,1-13H3,(H,68,78)/q-1. The number of allylic oxidation sites excluding steroid dienone is 3. The highest BCUT2D eigenvalue weighted by molar-refractivity contribution is 6.26. The fraction of sp³-hybridized carbons (Fsp3) is 0.776. The molecular formula is C67H97N2O24-. The summed E-state index contributed by atoms with van der Waals surface area (Å²) < 4.78 is 81.6. The molecule has 6 heterocycles. The molecule has 29 atom stereocenters. The van der Waals surface area contributed by atoms with Gasteiger partial charge in [0, 0.05) is 62.7 Å². The minimum Gasteiger partial charge on any atom is -0.762 e. The van der Waals surface area contributed by atoms with Crippen molar-refractivity contribution in [2.24, 2.45) is 40.9 Å². The van der Waals surface area contributed by atoms with E-state index < -0.39 is 205 Å². The van der Waals surface area contributed by atoms with Gasteiger partial charge >= 0.3 is 18.0 Å². The van der Waals surface area contributed by atoms with Gasteiger partial charge in [-0.2, -0.15) is 0 Å². The summed E-state index contributed by atoms with van der Waals surface area (Å²) in [5.74, 6) is -6.40. The molecule has 6 saturated heterocycles. The molecule has 1 spiro atoms. The van der Waals surface area contributed by atoms with E-state index in [1.165, 1.54) is 19.9 Å². The van der Waals surface area contributed by atoms with Gasteiger partial charge < -0.3 is 97.7 Å². The normalized spacial score (nSPS) is 46.4. The second kappa shape index (κ2) is 28.5. The smallest absolute Gasteiger partial charge is 0.407 e. The first-order chi connectivity index (χ1) is 43.9. The number of aliphatic hydroxyl groups excluding tert-OH is 4. The van der Waals surface area contributed by atoms with Gasteiger partial charge in [0.25, 0.3) is 0 Å². The first kappa shape index (κ1) is 71.2. The summed E-state index contributed by atoms with van der Waals surface area (Å²) in [6.45, 7) is 21.2.